The molecule has 0 N–H and O–H groups in total. The van der Waals surface area contributed by atoms with E-state index in [9.17, 15) is 4.55 Å². The van der Waals surface area contributed by atoms with Gasteiger partial charge in [-0.15, -0.1) is 0 Å². The van der Waals surface area contributed by atoms with E-state index in [0.29, 0.717) is 24.7 Å². The van der Waals surface area contributed by atoms with Crippen LogP contribution in [-0.4, -0.2) is 46.6 Å². The fraction of sp³-hybridized carbons (Fsp3) is 0.636. The molecule has 5 nitrogen and oxygen atoms in total. The minimum atomic E-state index is -0.939. The van der Waals surface area contributed by atoms with Crippen molar-refractivity contribution in [3.8, 4) is 0 Å². The molecule has 0 spiro atoms. The van der Waals surface area contributed by atoms with Crippen molar-refractivity contribution in [1.82, 2.24) is 9.97 Å². The Morgan fingerprint density at radius 2 is 2.39 bits per heavy atom. The second-order valence-electron chi connectivity index (χ2n) is 4.32. The van der Waals surface area contributed by atoms with Crippen molar-refractivity contribution in [1.29, 1.82) is 0 Å². The summed E-state index contributed by atoms with van der Waals surface area (Å²) in [4.78, 5) is 10.5. The molecule has 1 fully saturated rings. The Labute approximate surface area is 115 Å². The van der Waals surface area contributed by atoms with Crippen molar-refractivity contribution < 1.29 is 9.29 Å². The van der Waals surface area contributed by atoms with Crippen molar-refractivity contribution in [3.05, 3.63) is 17.0 Å². The summed E-state index contributed by atoms with van der Waals surface area (Å²) in [5.41, 5.74) is 0.713. The number of morpholine rings is 1. The molecular formula is C11H16ClN3O2S. The number of aromatic nitrogens is 2. The Hall–Kier alpha value is -0.560. The summed E-state index contributed by atoms with van der Waals surface area (Å²) < 4.78 is 16.6. The maximum absolute atomic E-state index is 11.3. The van der Waals surface area contributed by atoms with Crippen LogP contribution in [0.5, 0.6) is 0 Å². The highest BCUT2D eigenvalue weighted by Crippen LogP contribution is 2.20. The van der Waals surface area contributed by atoms with E-state index in [1.807, 2.05) is 6.07 Å². The van der Waals surface area contributed by atoms with E-state index in [0.717, 1.165) is 12.4 Å². The van der Waals surface area contributed by atoms with Gasteiger partial charge >= 0.3 is 0 Å². The molecular weight excluding hydrogens is 274 g/mol. The van der Waals surface area contributed by atoms with Crippen LogP contribution >= 0.6 is 11.6 Å². The molecule has 0 aromatic carbocycles. The van der Waals surface area contributed by atoms with Crippen LogP contribution < -0.4 is 4.90 Å². The summed E-state index contributed by atoms with van der Waals surface area (Å²) in [7, 11) is 0. The zero-order valence-corrected chi connectivity index (χ0v) is 12.0. The minimum Gasteiger partial charge on any atom is -0.616 e. The molecule has 2 rings (SSSR count). The smallest absolute Gasteiger partial charge is 0.224 e. The Morgan fingerprint density at radius 1 is 1.61 bits per heavy atom. The van der Waals surface area contributed by atoms with E-state index in [2.05, 4.69) is 21.8 Å². The molecule has 1 aromatic rings. The SMILES string of the molecule is C[C@@H]1COCCN1c1cc(C[S+](C)[O-])nc(Cl)n1. The lowest BCUT2D eigenvalue weighted by Crippen LogP contribution is -2.44. The van der Waals surface area contributed by atoms with Crippen molar-refractivity contribution in [2.75, 3.05) is 30.9 Å². The number of rotatable bonds is 3. The van der Waals surface area contributed by atoms with Crippen molar-refractivity contribution in [3.63, 3.8) is 0 Å². The highest BCUT2D eigenvalue weighted by molar-refractivity contribution is 7.89. The van der Waals surface area contributed by atoms with Crippen LogP contribution in [0.1, 0.15) is 12.6 Å². The molecule has 1 aromatic heterocycles. The molecule has 1 saturated heterocycles. The molecule has 1 unspecified atom stereocenters. The fourth-order valence-corrected chi connectivity index (χ4v) is 2.71. The molecule has 0 bridgehead atoms. The normalized spacial score (nSPS) is 22.0. The third-order valence-electron chi connectivity index (χ3n) is 2.75. The lowest BCUT2D eigenvalue weighted by Gasteiger charge is -2.34. The van der Waals surface area contributed by atoms with Crippen LogP contribution in [0.3, 0.4) is 0 Å². The van der Waals surface area contributed by atoms with Gasteiger partial charge in [-0.25, -0.2) is 9.97 Å². The second-order valence-corrected chi connectivity index (χ2v) is 6.09. The van der Waals surface area contributed by atoms with Gasteiger partial charge in [0.1, 0.15) is 11.6 Å². The first-order chi connectivity index (χ1) is 8.56. The summed E-state index contributed by atoms with van der Waals surface area (Å²) >= 11 is 4.98. The molecule has 18 heavy (non-hydrogen) atoms. The van der Waals surface area contributed by atoms with E-state index in [-0.39, 0.29) is 11.3 Å². The Balaban J connectivity index is 2.23. The van der Waals surface area contributed by atoms with E-state index in [1.165, 1.54) is 0 Å². The Kier molecular flexibility index (Phi) is 4.66. The minimum absolute atomic E-state index is 0.201. The number of hydrogen-bond donors (Lipinski definition) is 0. The maximum Gasteiger partial charge on any atom is 0.224 e. The number of halogens is 1. The van der Waals surface area contributed by atoms with Gasteiger partial charge < -0.3 is 14.2 Å². The quantitative estimate of drug-likeness (QED) is 0.619. The van der Waals surface area contributed by atoms with Gasteiger partial charge in [-0.2, -0.15) is 0 Å². The Bertz CT molecular complexity index is 419. The number of nitrogens with zero attached hydrogens (tertiary/aromatic N) is 3. The molecule has 2 atom stereocenters. The molecule has 100 valence electrons. The number of hydrogen-bond acceptors (Lipinski definition) is 5. The standard InChI is InChI=1S/C11H16ClN3O2S/c1-8-6-17-4-3-15(8)10-5-9(7-18(2)16)13-11(12)14-10/h5,8H,3-4,6-7H2,1-2H3/t8-,18?/m1/s1. The van der Waals surface area contributed by atoms with Crippen LogP contribution in [0.25, 0.3) is 0 Å². The maximum atomic E-state index is 11.3. The first-order valence-corrected chi connectivity index (χ1v) is 7.84. The zero-order valence-electron chi connectivity index (χ0n) is 10.4. The molecule has 1 aliphatic rings. The van der Waals surface area contributed by atoms with E-state index < -0.39 is 11.2 Å². The van der Waals surface area contributed by atoms with Crippen molar-refractivity contribution in [2.24, 2.45) is 0 Å². The highest BCUT2D eigenvalue weighted by atomic mass is 35.5. The summed E-state index contributed by atoms with van der Waals surface area (Å²) in [5, 5.41) is 0.201. The molecule has 0 amide bonds. The van der Waals surface area contributed by atoms with Crippen LogP contribution in [0, 0.1) is 0 Å². The molecule has 0 saturated carbocycles. The summed E-state index contributed by atoms with van der Waals surface area (Å²) in [6.07, 6.45) is 1.65. The van der Waals surface area contributed by atoms with Gasteiger partial charge in [-0.1, -0.05) is 11.2 Å². The van der Waals surface area contributed by atoms with Crippen LogP contribution in [-0.2, 0) is 21.7 Å². The molecule has 1 aliphatic heterocycles. The van der Waals surface area contributed by atoms with Gasteiger partial charge in [0.2, 0.25) is 5.28 Å². The molecule has 7 heteroatoms. The lowest BCUT2D eigenvalue weighted by atomic mass is 10.2. The van der Waals surface area contributed by atoms with E-state index in [1.54, 1.807) is 6.26 Å². The first kappa shape index (κ1) is 13.9. The fourth-order valence-electron chi connectivity index (χ4n) is 1.95. The van der Waals surface area contributed by atoms with Crippen LogP contribution in [0.4, 0.5) is 5.82 Å². The number of anilines is 1. The topological polar surface area (TPSA) is 61.3 Å². The Morgan fingerprint density at radius 3 is 3.06 bits per heavy atom. The zero-order chi connectivity index (χ0) is 13.1. The van der Waals surface area contributed by atoms with Gasteiger partial charge in [0.15, 0.2) is 0 Å². The van der Waals surface area contributed by atoms with Crippen molar-refractivity contribution in [2.45, 2.75) is 18.7 Å². The molecule has 0 aliphatic carbocycles. The average Bonchev–Trinajstić information content (AvgIpc) is 2.27. The number of ether oxygens (including phenoxy) is 1. The molecule has 0 radical (unpaired) electrons. The second kappa shape index (κ2) is 6.06. The van der Waals surface area contributed by atoms with Gasteiger partial charge in [0.05, 0.1) is 31.2 Å². The van der Waals surface area contributed by atoms with Gasteiger partial charge in [0.25, 0.3) is 0 Å². The van der Waals surface area contributed by atoms with Crippen molar-refractivity contribution >= 4 is 28.6 Å². The van der Waals surface area contributed by atoms with E-state index in [4.69, 9.17) is 16.3 Å². The average molecular weight is 290 g/mol. The lowest BCUT2D eigenvalue weighted by molar-refractivity contribution is 0.0985. The summed E-state index contributed by atoms with van der Waals surface area (Å²) in [6, 6.07) is 2.11. The van der Waals surface area contributed by atoms with Gasteiger partial charge in [-0.3, -0.25) is 0 Å². The monoisotopic (exact) mass is 289 g/mol. The molecule has 2 heterocycles. The van der Waals surface area contributed by atoms with E-state index >= 15 is 0 Å². The summed E-state index contributed by atoms with van der Waals surface area (Å²) in [5.74, 6) is 1.18. The first-order valence-electron chi connectivity index (χ1n) is 5.74. The van der Waals surface area contributed by atoms with Crippen LogP contribution in [0.2, 0.25) is 5.28 Å². The summed E-state index contributed by atoms with van der Waals surface area (Å²) in [6.45, 7) is 4.22. The highest BCUT2D eigenvalue weighted by Gasteiger charge is 2.21. The third-order valence-corrected chi connectivity index (χ3v) is 3.62. The predicted octanol–water partition coefficient (Wildman–Crippen LogP) is 1.23. The third kappa shape index (κ3) is 3.47. The predicted molar refractivity (Wildman–Crippen MR) is 72.4 cm³/mol. The van der Waals surface area contributed by atoms with Crippen LogP contribution in [0.15, 0.2) is 6.07 Å². The van der Waals surface area contributed by atoms with Gasteiger partial charge in [0, 0.05) is 12.6 Å². The largest absolute Gasteiger partial charge is 0.616 e. The van der Waals surface area contributed by atoms with Gasteiger partial charge in [-0.05, 0) is 18.5 Å².